The molecule has 2 aromatic carbocycles. The molecule has 1 atom stereocenters. The number of hydrogen-bond acceptors (Lipinski definition) is 2. The van der Waals surface area contributed by atoms with Crippen molar-refractivity contribution in [3.05, 3.63) is 81.1 Å². The Bertz CT molecular complexity index is 1070. The van der Waals surface area contributed by atoms with Crippen LogP contribution in [0.4, 0.5) is 0 Å². The van der Waals surface area contributed by atoms with Gasteiger partial charge in [-0.15, -0.1) is 0 Å². The summed E-state index contributed by atoms with van der Waals surface area (Å²) in [6, 6.07) is 16.0. The molecule has 0 bridgehead atoms. The van der Waals surface area contributed by atoms with Crippen molar-refractivity contribution in [1.29, 1.82) is 0 Å². The van der Waals surface area contributed by atoms with Gasteiger partial charge < -0.3 is 14.6 Å². The second kappa shape index (κ2) is 8.68. The topological polar surface area (TPSA) is 43.3 Å². The number of nitrogens with one attached hydrogen (secondary N) is 1. The van der Waals surface area contributed by atoms with Crippen LogP contribution >= 0.6 is 15.9 Å². The van der Waals surface area contributed by atoms with Crippen LogP contribution in [0.5, 0.6) is 5.75 Å². The minimum absolute atomic E-state index is 0.0938. The highest BCUT2D eigenvalue weighted by Crippen LogP contribution is 2.30. The molecular formula is C25H27BrN2O2. The molecule has 1 aliphatic carbocycles. The van der Waals surface area contributed by atoms with Gasteiger partial charge in [0.25, 0.3) is 5.91 Å². The van der Waals surface area contributed by atoms with E-state index in [1.54, 1.807) is 7.11 Å². The molecule has 1 aliphatic rings. The summed E-state index contributed by atoms with van der Waals surface area (Å²) >= 11 is 3.47. The predicted molar refractivity (Wildman–Crippen MR) is 124 cm³/mol. The summed E-state index contributed by atoms with van der Waals surface area (Å²) in [5.74, 6) is 1.42. The van der Waals surface area contributed by atoms with Crippen LogP contribution in [-0.2, 0) is 19.4 Å². The standard InChI is InChI=1S/C25H27BrN2O2/c1-16-4-10-23-19(12-16)13-17(2)28(23)22-8-5-18(6-9-22)25(29)27-15-20-14-21(26)7-11-24(20)30-3/h5-9,11,13-14,16H,4,10,12,15H2,1-3H3,(H,27,29)/t16-/m0/s1. The van der Waals surface area contributed by atoms with Crippen molar-refractivity contribution < 1.29 is 9.53 Å². The number of aryl methyl sites for hydroxylation is 1. The molecule has 0 radical (unpaired) electrons. The van der Waals surface area contributed by atoms with Crippen molar-refractivity contribution in [3.63, 3.8) is 0 Å². The van der Waals surface area contributed by atoms with Crippen LogP contribution in [0.1, 0.15) is 46.2 Å². The molecule has 1 heterocycles. The zero-order valence-electron chi connectivity index (χ0n) is 17.7. The second-order valence-corrected chi connectivity index (χ2v) is 9.04. The summed E-state index contributed by atoms with van der Waals surface area (Å²) in [5.41, 5.74) is 6.85. The first-order valence-corrected chi connectivity index (χ1v) is 11.2. The van der Waals surface area contributed by atoms with E-state index in [0.29, 0.717) is 12.1 Å². The number of methoxy groups -OCH3 is 1. The van der Waals surface area contributed by atoms with E-state index in [9.17, 15) is 4.79 Å². The van der Waals surface area contributed by atoms with E-state index in [1.165, 1.54) is 23.4 Å². The number of amides is 1. The van der Waals surface area contributed by atoms with Gasteiger partial charge in [0.1, 0.15) is 5.75 Å². The largest absolute Gasteiger partial charge is 0.496 e. The van der Waals surface area contributed by atoms with Crippen LogP contribution in [0.3, 0.4) is 0 Å². The first-order chi connectivity index (χ1) is 14.5. The zero-order valence-corrected chi connectivity index (χ0v) is 19.3. The molecule has 0 saturated carbocycles. The highest BCUT2D eigenvalue weighted by atomic mass is 79.9. The molecule has 0 unspecified atom stereocenters. The lowest BCUT2D eigenvalue weighted by Gasteiger charge is -2.21. The van der Waals surface area contributed by atoms with Crippen LogP contribution in [-0.4, -0.2) is 17.6 Å². The Kier molecular flexibility index (Phi) is 6.00. The lowest BCUT2D eigenvalue weighted by molar-refractivity contribution is 0.0950. The summed E-state index contributed by atoms with van der Waals surface area (Å²) in [6.07, 6.45) is 3.50. The predicted octanol–water partition coefficient (Wildman–Crippen LogP) is 5.61. The van der Waals surface area contributed by atoms with E-state index in [4.69, 9.17) is 4.74 Å². The summed E-state index contributed by atoms with van der Waals surface area (Å²) < 4.78 is 8.68. The number of rotatable bonds is 5. The average molecular weight is 467 g/mol. The SMILES string of the molecule is COc1ccc(Br)cc1CNC(=O)c1ccc(-n2c(C)cc3c2CC[C@H](C)C3)cc1. The Hall–Kier alpha value is -2.53. The Balaban J connectivity index is 1.49. The summed E-state index contributed by atoms with van der Waals surface area (Å²) in [7, 11) is 1.63. The maximum Gasteiger partial charge on any atom is 0.251 e. The van der Waals surface area contributed by atoms with Gasteiger partial charge in [-0.25, -0.2) is 0 Å². The Morgan fingerprint density at radius 3 is 2.70 bits per heavy atom. The molecule has 4 nitrogen and oxygen atoms in total. The van der Waals surface area contributed by atoms with Gasteiger partial charge in [-0.2, -0.15) is 0 Å². The number of fused-ring (bicyclic) bond motifs is 1. The van der Waals surface area contributed by atoms with Crippen LogP contribution in [0, 0.1) is 12.8 Å². The highest BCUT2D eigenvalue weighted by Gasteiger charge is 2.21. The molecule has 156 valence electrons. The first-order valence-electron chi connectivity index (χ1n) is 10.4. The highest BCUT2D eigenvalue weighted by molar-refractivity contribution is 9.10. The zero-order chi connectivity index (χ0) is 21.3. The maximum atomic E-state index is 12.7. The fraction of sp³-hybridized carbons (Fsp3) is 0.320. The number of aromatic nitrogens is 1. The summed E-state index contributed by atoms with van der Waals surface area (Å²) in [5, 5.41) is 2.99. The fourth-order valence-electron chi connectivity index (χ4n) is 4.35. The van der Waals surface area contributed by atoms with Gasteiger partial charge in [-0.1, -0.05) is 22.9 Å². The van der Waals surface area contributed by atoms with Crippen LogP contribution in [0.25, 0.3) is 5.69 Å². The fourth-order valence-corrected chi connectivity index (χ4v) is 4.76. The smallest absolute Gasteiger partial charge is 0.251 e. The monoisotopic (exact) mass is 466 g/mol. The van der Waals surface area contributed by atoms with E-state index >= 15 is 0 Å². The van der Waals surface area contributed by atoms with Gasteiger partial charge in [-0.05, 0) is 86.2 Å². The van der Waals surface area contributed by atoms with Crippen LogP contribution < -0.4 is 10.1 Å². The molecule has 5 heteroatoms. The number of nitrogens with zero attached hydrogens (tertiary/aromatic N) is 1. The lowest BCUT2D eigenvalue weighted by Crippen LogP contribution is -2.23. The number of ether oxygens (including phenoxy) is 1. The van der Waals surface area contributed by atoms with Gasteiger partial charge in [0.05, 0.1) is 7.11 Å². The maximum absolute atomic E-state index is 12.7. The van der Waals surface area contributed by atoms with Gasteiger partial charge in [0.15, 0.2) is 0 Å². The Labute approximate surface area is 186 Å². The number of carbonyl (C=O) groups excluding carboxylic acids is 1. The summed E-state index contributed by atoms with van der Waals surface area (Å²) in [6.45, 7) is 4.90. The first kappa shape index (κ1) is 20.7. The average Bonchev–Trinajstić information content (AvgIpc) is 3.07. The molecule has 1 aromatic heterocycles. The second-order valence-electron chi connectivity index (χ2n) is 8.13. The van der Waals surface area contributed by atoms with E-state index < -0.39 is 0 Å². The van der Waals surface area contributed by atoms with Crippen molar-refractivity contribution in [2.75, 3.05) is 7.11 Å². The Morgan fingerprint density at radius 1 is 1.20 bits per heavy atom. The molecule has 0 aliphatic heterocycles. The minimum Gasteiger partial charge on any atom is -0.496 e. The third-order valence-electron chi connectivity index (χ3n) is 5.89. The quantitative estimate of drug-likeness (QED) is 0.530. The normalized spacial score (nSPS) is 15.5. The van der Waals surface area contributed by atoms with Gasteiger partial charge in [0, 0.05) is 39.2 Å². The van der Waals surface area contributed by atoms with Crippen molar-refractivity contribution in [1.82, 2.24) is 9.88 Å². The van der Waals surface area contributed by atoms with Crippen molar-refractivity contribution >= 4 is 21.8 Å². The third-order valence-corrected chi connectivity index (χ3v) is 6.38. The van der Waals surface area contributed by atoms with Crippen molar-refractivity contribution in [2.24, 2.45) is 5.92 Å². The van der Waals surface area contributed by atoms with E-state index in [-0.39, 0.29) is 5.91 Å². The minimum atomic E-state index is -0.0938. The molecule has 30 heavy (non-hydrogen) atoms. The molecule has 3 aromatic rings. The molecule has 0 fully saturated rings. The molecular weight excluding hydrogens is 440 g/mol. The van der Waals surface area contributed by atoms with Crippen LogP contribution in [0.2, 0.25) is 0 Å². The molecule has 4 rings (SSSR count). The number of hydrogen-bond donors (Lipinski definition) is 1. The third kappa shape index (κ3) is 4.17. The molecule has 1 amide bonds. The number of benzene rings is 2. The van der Waals surface area contributed by atoms with Gasteiger partial charge >= 0.3 is 0 Å². The van der Waals surface area contributed by atoms with Gasteiger partial charge in [-0.3, -0.25) is 4.79 Å². The van der Waals surface area contributed by atoms with Gasteiger partial charge in [0.2, 0.25) is 0 Å². The summed E-state index contributed by atoms with van der Waals surface area (Å²) in [4.78, 5) is 12.7. The van der Waals surface area contributed by atoms with Crippen molar-refractivity contribution in [2.45, 2.75) is 39.7 Å². The van der Waals surface area contributed by atoms with E-state index in [1.807, 2.05) is 42.5 Å². The van der Waals surface area contributed by atoms with E-state index in [0.717, 1.165) is 40.2 Å². The van der Waals surface area contributed by atoms with E-state index in [2.05, 4.69) is 45.7 Å². The Morgan fingerprint density at radius 2 is 1.97 bits per heavy atom. The van der Waals surface area contributed by atoms with Crippen LogP contribution in [0.15, 0.2) is 53.0 Å². The number of halogens is 1. The molecule has 1 N–H and O–H groups in total. The number of carbonyl (C=O) groups is 1. The lowest BCUT2D eigenvalue weighted by atomic mass is 9.89. The molecule has 0 saturated heterocycles. The van der Waals surface area contributed by atoms with Crippen molar-refractivity contribution in [3.8, 4) is 11.4 Å². The molecule has 0 spiro atoms.